The second-order valence-corrected chi connectivity index (χ2v) is 5.38. The van der Waals surface area contributed by atoms with Gasteiger partial charge in [0.2, 0.25) is 0 Å². The summed E-state index contributed by atoms with van der Waals surface area (Å²) in [6, 6.07) is 17.4. The smallest absolute Gasteiger partial charge is 0.00764 e. The minimum Gasteiger partial charge on any atom is -0.330 e. The van der Waals surface area contributed by atoms with Gasteiger partial charge < -0.3 is 5.73 Å². The molecule has 2 aromatic rings. The number of hydrogen-bond acceptors (Lipinski definition) is 1. The first kappa shape index (κ1) is 11.5. The lowest BCUT2D eigenvalue weighted by molar-refractivity contribution is 0.705. The third kappa shape index (κ3) is 1.85. The van der Waals surface area contributed by atoms with Gasteiger partial charge in [0.1, 0.15) is 0 Å². The van der Waals surface area contributed by atoms with Crippen LogP contribution < -0.4 is 5.73 Å². The number of nitrogens with two attached hydrogens (primary N) is 1. The van der Waals surface area contributed by atoms with E-state index < -0.39 is 0 Å². The fraction of sp³-hybridized carbons (Fsp3) is 0.294. The molecular weight excluding hydrogens is 218 g/mol. The Balaban J connectivity index is 2.04. The van der Waals surface area contributed by atoms with Gasteiger partial charge in [0.05, 0.1) is 0 Å². The number of hydrogen-bond donors (Lipinski definition) is 1. The van der Waals surface area contributed by atoms with E-state index in [0.29, 0.717) is 0 Å². The van der Waals surface area contributed by atoms with Crippen molar-refractivity contribution >= 4 is 0 Å². The Hall–Kier alpha value is -1.60. The maximum absolute atomic E-state index is 5.92. The average Bonchev–Trinajstić information content (AvgIpc) is 3.20. The summed E-state index contributed by atoms with van der Waals surface area (Å²) in [5.74, 6) is 0. The summed E-state index contributed by atoms with van der Waals surface area (Å²) in [6.07, 6.45) is 2.47. The van der Waals surface area contributed by atoms with E-state index in [9.17, 15) is 0 Å². The maximum Gasteiger partial charge on any atom is 0.00764 e. The van der Waals surface area contributed by atoms with Crippen LogP contribution in [0.1, 0.15) is 24.0 Å². The van der Waals surface area contributed by atoms with E-state index in [4.69, 9.17) is 5.73 Å². The Morgan fingerprint density at radius 3 is 2.50 bits per heavy atom. The van der Waals surface area contributed by atoms with E-state index >= 15 is 0 Å². The average molecular weight is 237 g/mol. The van der Waals surface area contributed by atoms with Crippen LogP contribution in [0.3, 0.4) is 0 Å². The molecule has 0 amide bonds. The zero-order valence-corrected chi connectivity index (χ0v) is 10.8. The molecule has 0 saturated heterocycles. The van der Waals surface area contributed by atoms with Crippen LogP contribution in [-0.4, -0.2) is 6.54 Å². The minimum absolute atomic E-state index is 0.276. The Morgan fingerprint density at radius 2 is 1.83 bits per heavy atom. The highest BCUT2D eigenvalue weighted by molar-refractivity contribution is 5.68. The van der Waals surface area contributed by atoms with Crippen molar-refractivity contribution in [1.29, 1.82) is 0 Å². The van der Waals surface area contributed by atoms with E-state index in [1.54, 1.807) is 0 Å². The van der Waals surface area contributed by atoms with Gasteiger partial charge in [-0.1, -0.05) is 48.5 Å². The largest absolute Gasteiger partial charge is 0.330 e. The van der Waals surface area contributed by atoms with Gasteiger partial charge >= 0.3 is 0 Å². The molecule has 0 aromatic heterocycles. The normalized spacial score (nSPS) is 16.6. The minimum atomic E-state index is 0.276. The van der Waals surface area contributed by atoms with Crippen molar-refractivity contribution in [1.82, 2.24) is 0 Å². The summed E-state index contributed by atoms with van der Waals surface area (Å²) >= 11 is 0. The van der Waals surface area contributed by atoms with Crippen LogP contribution in [0.25, 0.3) is 11.1 Å². The van der Waals surface area contributed by atoms with Crippen LogP contribution >= 0.6 is 0 Å². The lowest BCUT2D eigenvalue weighted by Crippen LogP contribution is -2.19. The van der Waals surface area contributed by atoms with Gasteiger partial charge in [-0.25, -0.2) is 0 Å². The van der Waals surface area contributed by atoms with E-state index in [2.05, 4.69) is 55.5 Å². The Morgan fingerprint density at radius 1 is 1.06 bits per heavy atom. The SMILES string of the molecule is Cc1ccccc1-c1cccc(C2(CN)CC2)c1. The molecule has 1 aliphatic rings. The van der Waals surface area contributed by atoms with Crippen molar-refractivity contribution in [2.45, 2.75) is 25.2 Å². The van der Waals surface area contributed by atoms with Crippen LogP contribution in [0.15, 0.2) is 48.5 Å². The molecule has 0 aliphatic heterocycles. The summed E-state index contributed by atoms with van der Waals surface area (Å²) < 4.78 is 0. The first-order chi connectivity index (χ1) is 8.75. The van der Waals surface area contributed by atoms with Gasteiger partial charge in [0.25, 0.3) is 0 Å². The quantitative estimate of drug-likeness (QED) is 0.866. The molecule has 1 nitrogen and oxygen atoms in total. The standard InChI is InChI=1S/C17H19N/c1-13-5-2-3-8-16(13)14-6-4-7-15(11-14)17(12-18)9-10-17/h2-8,11H,9-10,12,18H2,1H3. The summed E-state index contributed by atoms with van der Waals surface area (Å²) in [7, 11) is 0. The third-order valence-electron chi connectivity index (χ3n) is 4.18. The monoisotopic (exact) mass is 237 g/mol. The van der Waals surface area contributed by atoms with Gasteiger partial charge in [0.15, 0.2) is 0 Å². The molecule has 1 saturated carbocycles. The second kappa shape index (κ2) is 4.25. The van der Waals surface area contributed by atoms with Crippen molar-refractivity contribution in [3.05, 3.63) is 59.7 Å². The predicted octanol–water partition coefficient (Wildman–Crippen LogP) is 3.65. The summed E-state index contributed by atoms with van der Waals surface area (Å²) in [4.78, 5) is 0. The summed E-state index contributed by atoms with van der Waals surface area (Å²) in [5, 5.41) is 0. The first-order valence-corrected chi connectivity index (χ1v) is 6.62. The highest BCUT2D eigenvalue weighted by Crippen LogP contribution is 2.47. The molecule has 0 radical (unpaired) electrons. The lowest BCUT2D eigenvalue weighted by Gasteiger charge is -2.15. The molecule has 1 heteroatoms. The molecule has 18 heavy (non-hydrogen) atoms. The second-order valence-electron chi connectivity index (χ2n) is 5.38. The molecule has 2 N–H and O–H groups in total. The molecule has 1 aliphatic carbocycles. The number of rotatable bonds is 3. The van der Waals surface area contributed by atoms with Gasteiger partial charge in [-0.3, -0.25) is 0 Å². The fourth-order valence-corrected chi connectivity index (χ4v) is 2.67. The molecular formula is C17H19N. The van der Waals surface area contributed by atoms with Gasteiger partial charge in [-0.2, -0.15) is 0 Å². The molecule has 3 rings (SSSR count). The van der Waals surface area contributed by atoms with Crippen LogP contribution in [0.4, 0.5) is 0 Å². The van der Waals surface area contributed by atoms with Crippen LogP contribution in [0.2, 0.25) is 0 Å². The van der Waals surface area contributed by atoms with Crippen molar-refractivity contribution < 1.29 is 0 Å². The molecule has 0 atom stereocenters. The van der Waals surface area contributed by atoms with Gasteiger partial charge in [-0.15, -0.1) is 0 Å². The molecule has 2 aromatic carbocycles. The van der Waals surface area contributed by atoms with Crippen molar-refractivity contribution in [3.8, 4) is 11.1 Å². The molecule has 0 bridgehead atoms. The Bertz CT molecular complexity index is 567. The molecule has 0 heterocycles. The van der Waals surface area contributed by atoms with Crippen LogP contribution in [-0.2, 0) is 5.41 Å². The predicted molar refractivity (Wildman–Crippen MR) is 76.6 cm³/mol. The zero-order valence-electron chi connectivity index (χ0n) is 10.8. The first-order valence-electron chi connectivity index (χ1n) is 6.62. The molecule has 0 unspecified atom stereocenters. The number of aryl methyl sites for hydroxylation is 1. The summed E-state index contributed by atoms with van der Waals surface area (Å²) in [6.45, 7) is 2.93. The zero-order chi connectivity index (χ0) is 12.6. The maximum atomic E-state index is 5.92. The highest BCUT2D eigenvalue weighted by atomic mass is 14.7. The Kier molecular flexibility index (Phi) is 2.71. The molecule has 92 valence electrons. The van der Waals surface area contributed by atoms with Gasteiger partial charge in [0, 0.05) is 12.0 Å². The van der Waals surface area contributed by atoms with E-state index in [-0.39, 0.29) is 5.41 Å². The number of benzene rings is 2. The van der Waals surface area contributed by atoms with E-state index in [0.717, 1.165) is 6.54 Å². The van der Waals surface area contributed by atoms with E-state index in [1.165, 1.54) is 35.1 Å². The highest BCUT2D eigenvalue weighted by Gasteiger charge is 2.42. The van der Waals surface area contributed by atoms with Crippen LogP contribution in [0.5, 0.6) is 0 Å². The molecule has 1 fully saturated rings. The van der Waals surface area contributed by atoms with Crippen molar-refractivity contribution in [3.63, 3.8) is 0 Å². The summed E-state index contributed by atoms with van der Waals surface area (Å²) in [5.41, 5.74) is 11.6. The third-order valence-corrected chi connectivity index (χ3v) is 4.18. The Labute approximate surface area is 109 Å². The lowest BCUT2D eigenvalue weighted by atomic mass is 9.91. The van der Waals surface area contributed by atoms with Crippen molar-refractivity contribution in [2.75, 3.05) is 6.54 Å². The van der Waals surface area contributed by atoms with Crippen molar-refractivity contribution in [2.24, 2.45) is 5.73 Å². The van der Waals surface area contributed by atoms with Gasteiger partial charge in [-0.05, 0) is 42.0 Å². The van der Waals surface area contributed by atoms with E-state index in [1.807, 2.05) is 0 Å². The van der Waals surface area contributed by atoms with Crippen LogP contribution in [0, 0.1) is 6.92 Å². The molecule has 0 spiro atoms. The fourth-order valence-electron chi connectivity index (χ4n) is 2.67. The topological polar surface area (TPSA) is 26.0 Å².